The van der Waals surface area contributed by atoms with E-state index in [4.69, 9.17) is 4.74 Å². The topological polar surface area (TPSA) is 29.5 Å². The van der Waals surface area contributed by atoms with E-state index in [9.17, 15) is 4.79 Å². The predicted molar refractivity (Wildman–Crippen MR) is 70.0 cm³/mol. The number of hydrogen-bond acceptors (Lipinski definition) is 2. The molecule has 1 unspecified atom stereocenters. The highest BCUT2D eigenvalue weighted by Gasteiger charge is 2.43. The predicted octanol–water partition coefficient (Wildman–Crippen LogP) is 3.74. The Bertz CT molecular complexity index is 328. The third-order valence-corrected chi connectivity index (χ3v) is 3.54. The van der Waals surface area contributed by atoms with Crippen LogP contribution < -0.4 is 0 Å². The van der Waals surface area contributed by atoms with Crippen LogP contribution in [0, 0.1) is 0 Å². The maximum atomic E-state index is 12.2. The van der Waals surface area contributed by atoms with Crippen LogP contribution in [0.4, 0.5) is 4.79 Å². The summed E-state index contributed by atoms with van der Waals surface area (Å²) in [7, 11) is 0. The number of nitrogens with zero attached hydrogens (tertiary/aromatic N) is 1. The fraction of sp³-hybridized carbons (Fsp3) is 0.786. The summed E-state index contributed by atoms with van der Waals surface area (Å²) in [6.45, 7) is 12.8. The minimum Gasteiger partial charge on any atom is -0.444 e. The van der Waals surface area contributed by atoms with Crippen molar-refractivity contribution in [1.82, 2.24) is 4.90 Å². The lowest BCUT2D eigenvalue weighted by Gasteiger charge is -2.36. The summed E-state index contributed by atoms with van der Waals surface area (Å²) in [5.74, 6) is 0. The van der Waals surface area contributed by atoms with Crippen molar-refractivity contribution in [2.45, 2.75) is 65.5 Å². The van der Waals surface area contributed by atoms with Crippen LogP contribution >= 0.6 is 0 Å². The summed E-state index contributed by atoms with van der Waals surface area (Å²) in [5.41, 5.74) is 0.743. The first-order valence-electron chi connectivity index (χ1n) is 6.41. The van der Waals surface area contributed by atoms with Crippen LogP contribution in [0.3, 0.4) is 0 Å². The average Bonchev–Trinajstić information content (AvgIpc) is 2.53. The average molecular weight is 239 g/mol. The minimum atomic E-state index is -0.426. The number of carbonyl (C=O) groups excluding carboxylic acids is 1. The number of ether oxygens (including phenoxy) is 1. The zero-order chi connectivity index (χ0) is 13.3. The van der Waals surface area contributed by atoms with E-state index in [1.54, 1.807) is 0 Å². The van der Waals surface area contributed by atoms with Gasteiger partial charge in [-0.2, -0.15) is 0 Å². The molecule has 0 spiro atoms. The van der Waals surface area contributed by atoms with Crippen LogP contribution in [0.5, 0.6) is 0 Å². The summed E-state index contributed by atoms with van der Waals surface area (Å²) in [6.07, 6.45) is 3.82. The van der Waals surface area contributed by atoms with Crippen molar-refractivity contribution >= 4 is 6.09 Å². The van der Waals surface area contributed by atoms with Crippen molar-refractivity contribution < 1.29 is 9.53 Å². The van der Waals surface area contributed by atoms with Crippen molar-refractivity contribution in [3.05, 3.63) is 11.6 Å². The van der Waals surface area contributed by atoms with Gasteiger partial charge in [0.1, 0.15) is 5.60 Å². The van der Waals surface area contributed by atoms with Crippen LogP contribution in [0.1, 0.15) is 54.4 Å². The first-order chi connectivity index (χ1) is 7.74. The molecule has 0 N–H and O–H groups in total. The Morgan fingerprint density at radius 2 is 2.12 bits per heavy atom. The van der Waals surface area contributed by atoms with Gasteiger partial charge in [-0.3, -0.25) is 4.90 Å². The monoisotopic (exact) mass is 239 g/mol. The van der Waals surface area contributed by atoms with E-state index in [-0.39, 0.29) is 11.6 Å². The van der Waals surface area contributed by atoms with Gasteiger partial charge in [-0.25, -0.2) is 4.79 Å². The third kappa shape index (κ3) is 2.82. The smallest absolute Gasteiger partial charge is 0.411 e. The van der Waals surface area contributed by atoms with Crippen LogP contribution in [-0.2, 0) is 4.74 Å². The molecule has 0 aliphatic carbocycles. The lowest BCUT2D eigenvalue weighted by atomic mass is 9.90. The second kappa shape index (κ2) is 4.71. The highest BCUT2D eigenvalue weighted by Crippen LogP contribution is 2.37. The minimum absolute atomic E-state index is 0.170. The molecule has 1 fully saturated rings. The summed E-state index contributed by atoms with van der Waals surface area (Å²) >= 11 is 0. The molecule has 98 valence electrons. The first-order valence-corrected chi connectivity index (χ1v) is 6.41. The van der Waals surface area contributed by atoms with Crippen molar-refractivity contribution in [3.8, 4) is 0 Å². The summed E-state index contributed by atoms with van der Waals surface area (Å²) in [6, 6.07) is 0. The zero-order valence-corrected chi connectivity index (χ0v) is 12.0. The molecule has 1 aliphatic heterocycles. The normalized spacial score (nSPS) is 27.6. The molecule has 17 heavy (non-hydrogen) atoms. The van der Waals surface area contributed by atoms with Gasteiger partial charge in [-0.15, -0.1) is 0 Å². The van der Waals surface area contributed by atoms with E-state index in [1.165, 1.54) is 5.57 Å². The molecule has 3 nitrogen and oxygen atoms in total. The number of carbonyl (C=O) groups is 1. The molecule has 0 aromatic heterocycles. The number of likely N-dealkylation sites (tertiary alicyclic amines) is 1. The van der Waals surface area contributed by atoms with Gasteiger partial charge in [0, 0.05) is 6.54 Å². The van der Waals surface area contributed by atoms with Crippen molar-refractivity contribution in [2.24, 2.45) is 0 Å². The highest BCUT2D eigenvalue weighted by molar-refractivity contribution is 5.71. The Hall–Kier alpha value is -0.990. The van der Waals surface area contributed by atoms with Crippen LogP contribution in [-0.4, -0.2) is 28.7 Å². The van der Waals surface area contributed by atoms with Gasteiger partial charge >= 0.3 is 6.09 Å². The van der Waals surface area contributed by atoms with Crippen molar-refractivity contribution in [3.63, 3.8) is 0 Å². The largest absolute Gasteiger partial charge is 0.444 e. The summed E-state index contributed by atoms with van der Waals surface area (Å²) in [5, 5.41) is 0. The van der Waals surface area contributed by atoms with Crippen LogP contribution in [0.25, 0.3) is 0 Å². The molecule has 1 saturated heterocycles. The molecule has 0 saturated carbocycles. The Labute approximate surface area is 105 Å². The maximum Gasteiger partial charge on any atom is 0.411 e. The summed E-state index contributed by atoms with van der Waals surface area (Å²) in [4.78, 5) is 14.0. The molecule has 1 atom stereocenters. The maximum absolute atomic E-state index is 12.2. The number of allylic oxidation sites excluding steroid dienone is 1. The molecule has 0 bridgehead atoms. The Morgan fingerprint density at radius 1 is 1.53 bits per heavy atom. The number of hydrogen-bond donors (Lipinski definition) is 0. The van der Waals surface area contributed by atoms with E-state index >= 15 is 0 Å². The molecule has 1 rings (SSSR count). The van der Waals surface area contributed by atoms with E-state index in [2.05, 4.69) is 19.9 Å². The van der Waals surface area contributed by atoms with Gasteiger partial charge < -0.3 is 4.74 Å². The standard InChI is InChI=1S/C14H25NO2/c1-7-11-9-10-15(14(11,6)8-2)12(16)17-13(3,4)5/h7H,8-10H2,1-6H3/b11-7-. The molecule has 1 amide bonds. The van der Waals surface area contributed by atoms with Crippen molar-refractivity contribution in [1.29, 1.82) is 0 Å². The van der Waals surface area contributed by atoms with Gasteiger partial charge in [0.15, 0.2) is 0 Å². The van der Waals surface area contributed by atoms with Gasteiger partial charge in [-0.1, -0.05) is 13.0 Å². The number of amides is 1. The molecule has 0 radical (unpaired) electrons. The molecule has 0 aromatic carbocycles. The van der Waals surface area contributed by atoms with E-state index in [0.29, 0.717) is 0 Å². The second-order valence-electron chi connectivity index (χ2n) is 5.82. The highest BCUT2D eigenvalue weighted by atomic mass is 16.6. The quantitative estimate of drug-likeness (QED) is 0.652. The second-order valence-corrected chi connectivity index (χ2v) is 5.82. The number of rotatable bonds is 1. The fourth-order valence-corrected chi connectivity index (χ4v) is 2.40. The van der Waals surface area contributed by atoms with E-state index in [0.717, 1.165) is 19.4 Å². The molecule has 1 heterocycles. The zero-order valence-electron chi connectivity index (χ0n) is 12.0. The van der Waals surface area contributed by atoms with Crippen LogP contribution in [0.2, 0.25) is 0 Å². The molecular weight excluding hydrogens is 214 g/mol. The van der Waals surface area contributed by atoms with Crippen molar-refractivity contribution in [2.75, 3.05) is 6.54 Å². The van der Waals surface area contributed by atoms with E-state index in [1.807, 2.05) is 32.6 Å². The first kappa shape index (κ1) is 14.1. The SMILES string of the molecule is C/C=C1/CCN(C(=O)OC(C)(C)C)C1(C)CC. The van der Waals surface area contributed by atoms with Gasteiger partial charge in [0.2, 0.25) is 0 Å². The third-order valence-electron chi connectivity index (χ3n) is 3.54. The molecule has 1 aliphatic rings. The van der Waals surface area contributed by atoms with Gasteiger partial charge in [-0.05, 0) is 53.0 Å². The van der Waals surface area contributed by atoms with E-state index < -0.39 is 5.60 Å². The van der Waals surface area contributed by atoms with Gasteiger partial charge in [0.25, 0.3) is 0 Å². The van der Waals surface area contributed by atoms with Gasteiger partial charge in [0.05, 0.1) is 5.54 Å². The molecule has 3 heteroatoms. The Kier molecular flexibility index (Phi) is 3.90. The van der Waals surface area contributed by atoms with Crippen LogP contribution in [0.15, 0.2) is 11.6 Å². The Morgan fingerprint density at radius 3 is 2.53 bits per heavy atom. The lowest BCUT2D eigenvalue weighted by molar-refractivity contribution is 0.0133. The molecule has 0 aromatic rings. The molecular formula is C14H25NO2. The lowest BCUT2D eigenvalue weighted by Crippen LogP contribution is -2.47. The Balaban J connectivity index is 2.89. The fourth-order valence-electron chi connectivity index (χ4n) is 2.40. The summed E-state index contributed by atoms with van der Waals surface area (Å²) < 4.78 is 5.47.